The number of hydrogen-bond donors (Lipinski definition) is 0. The van der Waals surface area contributed by atoms with E-state index in [1.54, 1.807) is 18.2 Å². The van der Waals surface area contributed by atoms with E-state index in [1.165, 1.54) is 13.3 Å². The first-order valence-electron chi connectivity index (χ1n) is 5.21. The Hall–Kier alpha value is -1.29. The van der Waals surface area contributed by atoms with Crippen LogP contribution in [0.25, 0.3) is 11.1 Å². The van der Waals surface area contributed by atoms with E-state index in [-0.39, 0.29) is 5.88 Å². The maximum atomic E-state index is 11.2. The third-order valence-electron chi connectivity index (χ3n) is 2.53. The van der Waals surface area contributed by atoms with Crippen molar-refractivity contribution in [1.29, 1.82) is 0 Å². The van der Waals surface area contributed by atoms with Gasteiger partial charge in [-0.15, -0.1) is 0 Å². The Morgan fingerprint density at radius 1 is 1.16 bits per heavy atom. The monoisotopic (exact) mass is 315 g/mol. The molecule has 0 atom stereocenters. The van der Waals surface area contributed by atoms with Crippen molar-refractivity contribution >= 4 is 41.1 Å². The first-order chi connectivity index (χ1) is 9.08. The summed E-state index contributed by atoms with van der Waals surface area (Å²) in [5.74, 6) is 0.274. The van der Waals surface area contributed by atoms with Crippen molar-refractivity contribution < 1.29 is 9.53 Å². The van der Waals surface area contributed by atoms with E-state index in [0.29, 0.717) is 38.0 Å². The van der Waals surface area contributed by atoms with Gasteiger partial charge in [-0.05, 0) is 18.2 Å². The van der Waals surface area contributed by atoms with Crippen LogP contribution in [0, 0.1) is 0 Å². The summed E-state index contributed by atoms with van der Waals surface area (Å²) in [6, 6.07) is 4.66. The van der Waals surface area contributed by atoms with Crippen molar-refractivity contribution in [3.05, 3.63) is 45.0 Å². The molecule has 1 aromatic heterocycles. The fourth-order valence-corrected chi connectivity index (χ4v) is 2.75. The lowest BCUT2D eigenvalue weighted by molar-refractivity contribution is 0.112. The highest BCUT2D eigenvalue weighted by Crippen LogP contribution is 2.41. The number of methoxy groups -OCH3 is 1. The normalized spacial score (nSPS) is 10.3. The number of carbonyl (C=O) groups excluding carboxylic acids is 1. The van der Waals surface area contributed by atoms with Crippen molar-refractivity contribution in [3.63, 3.8) is 0 Å². The van der Waals surface area contributed by atoms with Crippen molar-refractivity contribution in [2.24, 2.45) is 0 Å². The number of carbonyl (C=O) groups is 1. The van der Waals surface area contributed by atoms with Crippen molar-refractivity contribution in [3.8, 4) is 17.0 Å². The fraction of sp³-hybridized carbons (Fsp3) is 0.0769. The van der Waals surface area contributed by atoms with E-state index in [0.717, 1.165) is 0 Å². The van der Waals surface area contributed by atoms with Gasteiger partial charge in [0, 0.05) is 22.3 Å². The van der Waals surface area contributed by atoms with Crippen LogP contribution >= 0.6 is 34.8 Å². The second kappa shape index (κ2) is 5.78. The molecule has 0 N–H and O–H groups in total. The predicted molar refractivity (Wildman–Crippen MR) is 76.6 cm³/mol. The second-order valence-electron chi connectivity index (χ2n) is 3.65. The lowest BCUT2D eigenvalue weighted by Gasteiger charge is -2.13. The van der Waals surface area contributed by atoms with Crippen LogP contribution in [0.3, 0.4) is 0 Å². The molecule has 6 heteroatoms. The molecular weight excluding hydrogens is 309 g/mol. The van der Waals surface area contributed by atoms with E-state index in [9.17, 15) is 4.79 Å². The van der Waals surface area contributed by atoms with E-state index < -0.39 is 0 Å². The minimum Gasteiger partial charge on any atom is -0.481 e. The molecule has 2 rings (SSSR count). The first kappa shape index (κ1) is 14.1. The predicted octanol–water partition coefficient (Wildman–Crippen LogP) is 4.53. The zero-order valence-electron chi connectivity index (χ0n) is 9.78. The first-order valence-corrected chi connectivity index (χ1v) is 6.35. The van der Waals surface area contributed by atoms with Crippen LogP contribution in [0.15, 0.2) is 24.4 Å². The maximum absolute atomic E-state index is 11.2. The molecule has 1 aromatic carbocycles. The molecule has 0 aliphatic carbocycles. The van der Waals surface area contributed by atoms with Gasteiger partial charge in [-0.25, -0.2) is 4.98 Å². The van der Waals surface area contributed by atoms with Crippen molar-refractivity contribution in [1.82, 2.24) is 4.98 Å². The number of benzene rings is 1. The van der Waals surface area contributed by atoms with E-state index >= 15 is 0 Å². The number of aldehydes is 1. The molecule has 0 fully saturated rings. The molecule has 0 unspecified atom stereocenters. The molecule has 0 aliphatic rings. The highest BCUT2D eigenvalue weighted by atomic mass is 35.5. The van der Waals surface area contributed by atoms with Gasteiger partial charge in [0.05, 0.1) is 22.7 Å². The number of rotatable bonds is 3. The number of hydrogen-bond acceptors (Lipinski definition) is 3. The van der Waals surface area contributed by atoms with Gasteiger partial charge in [-0.3, -0.25) is 4.79 Å². The van der Waals surface area contributed by atoms with E-state index in [4.69, 9.17) is 39.5 Å². The molecular formula is C13H8Cl3NO2. The third-order valence-corrected chi connectivity index (χ3v) is 3.34. The summed E-state index contributed by atoms with van der Waals surface area (Å²) in [5, 5.41) is 1.06. The lowest BCUT2D eigenvalue weighted by Crippen LogP contribution is -1.97. The summed E-state index contributed by atoms with van der Waals surface area (Å²) >= 11 is 18.2. The molecule has 1 heterocycles. The molecule has 0 saturated carbocycles. The quantitative estimate of drug-likeness (QED) is 0.781. The highest BCUT2D eigenvalue weighted by Gasteiger charge is 2.19. The van der Waals surface area contributed by atoms with Gasteiger partial charge in [0.25, 0.3) is 0 Å². The van der Waals surface area contributed by atoms with Crippen LogP contribution in [-0.2, 0) is 0 Å². The third kappa shape index (κ3) is 2.68. The maximum Gasteiger partial charge on any atom is 0.221 e. The number of ether oxygens (including phenoxy) is 1. The number of nitrogens with zero attached hydrogens (tertiary/aromatic N) is 1. The smallest absolute Gasteiger partial charge is 0.221 e. The standard InChI is InChI=1S/C13H8Cl3NO2/c1-19-13-11(7(6-18)2-3-17-13)12-9(15)4-8(14)5-10(12)16/h2-6H,1H3. The molecule has 0 amide bonds. The van der Waals surface area contributed by atoms with E-state index in [2.05, 4.69) is 4.98 Å². The van der Waals surface area contributed by atoms with Crippen LogP contribution in [0.2, 0.25) is 15.1 Å². The number of aromatic nitrogens is 1. The lowest BCUT2D eigenvalue weighted by atomic mass is 10.0. The molecule has 0 saturated heterocycles. The van der Waals surface area contributed by atoms with Crippen LogP contribution in [0.4, 0.5) is 0 Å². The Labute approximate surface area is 125 Å². The van der Waals surface area contributed by atoms with Crippen LogP contribution in [0.5, 0.6) is 5.88 Å². The van der Waals surface area contributed by atoms with Gasteiger partial charge in [0.1, 0.15) is 0 Å². The second-order valence-corrected chi connectivity index (χ2v) is 4.90. The summed E-state index contributed by atoms with van der Waals surface area (Å²) in [6.07, 6.45) is 2.17. The molecule has 98 valence electrons. The molecule has 3 nitrogen and oxygen atoms in total. The average molecular weight is 317 g/mol. The molecule has 0 aliphatic heterocycles. The van der Waals surface area contributed by atoms with Gasteiger partial charge in [-0.2, -0.15) is 0 Å². The molecule has 0 spiro atoms. The van der Waals surface area contributed by atoms with E-state index in [1.807, 2.05) is 0 Å². The van der Waals surface area contributed by atoms with Crippen molar-refractivity contribution in [2.75, 3.05) is 7.11 Å². The Kier molecular flexibility index (Phi) is 4.30. The Bertz CT molecular complexity index is 621. The van der Waals surface area contributed by atoms with Gasteiger partial charge in [-0.1, -0.05) is 34.8 Å². The minimum absolute atomic E-state index is 0.274. The summed E-state index contributed by atoms with van der Waals surface area (Å²) in [7, 11) is 1.46. The number of halogens is 3. The van der Waals surface area contributed by atoms with Gasteiger partial charge in [0.15, 0.2) is 6.29 Å². The number of pyridine rings is 1. The fourth-order valence-electron chi connectivity index (χ4n) is 1.74. The summed E-state index contributed by atoms with van der Waals surface area (Å²) in [6.45, 7) is 0. The van der Waals surface area contributed by atoms with Gasteiger partial charge < -0.3 is 4.74 Å². The summed E-state index contributed by atoms with van der Waals surface area (Å²) in [5.41, 5.74) is 1.31. The Morgan fingerprint density at radius 2 is 1.79 bits per heavy atom. The van der Waals surface area contributed by atoms with Crippen LogP contribution in [-0.4, -0.2) is 18.4 Å². The Balaban J connectivity index is 2.82. The van der Waals surface area contributed by atoms with Gasteiger partial charge in [0.2, 0.25) is 5.88 Å². The SMILES string of the molecule is COc1nccc(C=O)c1-c1c(Cl)cc(Cl)cc1Cl. The molecule has 0 bridgehead atoms. The summed E-state index contributed by atoms with van der Waals surface area (Å²) < 4.78 is 5.16. The largest absolute Gasteiger partial charge is 0.481 e. The zero-order valence-corrected chi connectivity index (χ0v) is 12.1. The zero-order chi connectivity index (χ0) is 14.0. The molecule has 2 aromatic rings. The van der Waals surface area contributed by atoms with Gasteiger partial charge >= 0.3 is 0 Å². The average Bonchev–Trinajstić information content (AvgIpc) is 2.37. The van der Waals surface area contributed by atoms with Crippen molar-refractivity contribution in [2.45, 2.75) is 0 Å². The minimum atomic E-state index is 0.274. The van der Waals surface area contributed by atoms with Crippen LogP contribution in [0.1, 0.15) is 10.4 Å². The topological polar surface area (TPSA) is 39.2 Å². The summed E-state index contributed by atoms with van der Waals surface area (Å²) in [4.78, 5) is 15.2. The molecule has 19 heavy (non-hydrogen) atoms. The van der Waals surface area contributed by atoms with Crippen LogP contribution < -0.4 is 4.74 Å². The Morgan fingerprint density at radius 3 is 2.32 bits per heavy atom. The molecule has 0 radical (unpaired) electrons. The highest BCUT2D eigenvalue weighted by molar-refractivity contribution is 6.42.